The van der Waals surface area contributed by atoms with Gasteiger partial charge in [-0.1, -0.05) is 31.7 Å². The Morgan fingerprint density at radius 3 is 1.63 bits per heavy atom. The molecule has 0 heterocycles. The van der Waals surface area contributed by atoms with Gasteiger partial charge in [0.2, 0.25) is 0 Å². The molecule has 0 spiro atoms. The molecule has 8 nitrogen and oxygen atoms in total. The fourth-order valence-corrected chi connectivity index (χ4v) is 1.80. The van der Waals surface area contributed by atoms with E-state index in [0.29, 0.717) is 12.3 Å². The monoisotopic (exact) mass is 378 g/mol. The van der Waals surface area contributed by atoms with E-state index in [9.17, 15) is 4.79 Å². The van der Waals surface area contributed by atoms with E-state index in [2.05, 4.69) is 0 Å². The largest absolute Gasteiger partial charge is 0.508 e. The second-order valence-electron chi connectivity index (χ2n) is 5.10. The zero-order chi connectivity index (χ0) is 19.9. The fraction of sp³-hybridized carbons (Fsp3) is 0.263. The number of carboxylic acid groups (broad SMARTS) is 1. The van der Waals surface area contributed by atoms with Gasteiger partial charge in [-0.25, -0.2) is 0 Å². The average molecular weight is 378 g/mol. The quantitative estimate of drug-likeness (QED) is 0.519. The van der Waals surface area contributed by atoms with Crippen molar-refractivity contribution in [2.24, 2.45) is 11.5 Å². The van der Waals surface area contributed by atoms with Gasteiger partial charge in [0.1, 0.15) is 17.5 Å². The highest BCUT2D eigenvalue weighted by atomic mass is 16.4. The lowest BCUT2D eigenvalue weighted by molar-refractivity contribution is -0.191. The van der Waals surface area contributed by atoms with Crippen LogP contribution in [-0.4, -0.2) is 40.0 Å². The average Bonchev–Trinajstić information content (AvgIpc) is 2.60. The number of hydrogen-bond donors (Lipinski definition) is 5. The van der Waals surface area contributed by atoms with E-state index in [1.807, 2.05) is 12.1 Å². The minimum Gasteiger partial charge on any atom is -0.508 e. The van der Waals surface area contributed by atoms with Crippen molar-refractivity contribution >= 4 is 12.1 Å². The van der Waals surface area contributed by atoms with Gasteiger partial charge in [0.25, 0.3) is 0 Å². The standard InChI is InChI=1S/C9H11NO3.C8H11NO.CO2.CH4/c10-8(9(12)13)5-6-1-3-7(11)4-2-6;9-6-5-7-1-3-8(10)4-2-7;2-1-3;/h1-4,8,11H,5,10H2,(H,12,13);1-4,10H,5-6,9H2;;1H4/t8-;;;/m0.../s1. The molecule has 0 aliphatic carbocycles. The molecule has 2 rings (SSSR count). The molecule has 0 amide bonds. The van der Waals surface area contributed by atoms with Crippen LogP contribution in [-0.2, 0) is 27.2 Å². The maximum Gasteiger partial charge on any atom is 0.373 e. The van der Waals surface area contributed by atoms with E-state index in [1.54, 1.807) is 24.3 Å². The molecule has 0 aliphatic heterocycles. The number of carbonyl (C=O) groups is 1. The zero-order valence-electron chi connectivity index (χ0n) is 14.0. The molecule has 2 aromatic carbocycles. The van der Waals surface area contributed by atoms with E-state index in [0.717, 1.165) is 12.0 Å². The highest BCUT2D eigenvalue weighted by Crippen LogP contribution is 2.11. The Labute approximate surface area is 158 Å². The first-order valence-corrected chi connectivity index (χ1v) is 7.57. The summed E-state index contributed by atoms with van der Waals surface area (Å²) in [5, 5.41) is 26.4. The number of hydrogen-bond acceptors (Lipinski definition) is 7. The van der Waals surface area contributed by atoms with Gasteiger partial charge in [0.15, 0.2) is 0 Å². The lowest BCUT2D eigenvalue weighted by Crippen LogP contribution is -2.32. The van der Waals surface area contributed by atoms with Crippen LogP contribution in [0.5, 0.6) is 11.5 Å². The van der Waals surface area contributed by atoms with Crippen molar-refractivity contribution in [3.05, 3.63) is 59.7 Å². The topological polar surface area (TPSA) is 164 Å². The van der Waals surface area contributed by atoms with Crippen molar-refractivity contribution in [2.75, 3.05) is 6.54 Å². The molecule has 0 bridgehead atoms. The molecule has 0 aliphatic rings. The second-order valence-corrected chi connectivity index (χ2v) is 5.10. The van der Waals surface area contributed by atoms with E-state index < -0.39 is 12.0 Å². The number of carbonyl (C=O) groups excluding carboxylic acids is 2. The summed E-state index contributed by atoms with van der Waals surface area (Å²) in [6, 6.07) is 12.5. The summed E-state index contributed by atoms with van der Waals surface area (Å²) < 4.78 is 0. The SMILES string of the molecule is C.NCCc1ccc(O)cc1.N[C@@H](Cc1ccc(O)cc1)C(=O)O.O=C=O. The smallest absolute Gasteiger partial charge is 0.373 e. The third kappa shape index (κ3) is 12.8. The molecule has 1 atom stereocenters. The lowest BCUT2D eigenvalue weighted by atomic mass is 10.1. The van der Waals surface area contributed by atoms with Crippen molar-refractivity contribution in [2.45, 2.75) is 26.3 Å². The Bertz CT molecular complexity index is 680. The lowest BCUT2D eigenvalue weighted by Gasteiger charge is -2.05. The number of benzene rings is 2. The van der Waals surface area contributed by atoms with Crippen LogP contribution >= 0.6 is 0 Å². The number of phenols is 2. The summed E-state index contributed by atoms with van der Waals surface area (Å²) in [6.45, 7) is 0.658. The van der Waals surface area contributed by atoms with Crippen LogP contribution in [0.1, 0.15) is 18.6 Å². The number of aliphatic carboxylic acids is 1. The first-order valence-electron chi connectivity index (χ1n) is 7.57. The van der Waals surface area contributed by atoms with Gasteiger partial charge in [0, 0.05) is 0 Å². The molecule has 2 aromatic rings. The number of phenolic OH excluding ortho intramolecular Hbond substituents is 2. The summed E-state index contributed by atoms with van der Waals surface area (Å²) in [7, 11) is 0. The summed E-state index contributed by atoms with van der Waals surface area (Å²) >= 11 is 0. The van der Waals surface area contributed by atoms with E-state index in [-0.39, 0.29) is 25.7 Å². The Balaban J connectivity index is 0. The minimum atomic E-state index is -1.02. The van der Waals surface area contributed by atoms with E-state index >= 15 is 0 Å². The van der Waals surface area contributed by atoms with Crippen molar-refractivity contribution in [3.8, 4) is 11.5 Å². The van der Waals surface area contributed by atoms with Crippen LogP contribution in [0.15, 0.2) is 48.5 Å². The van der Waals surface area contributed by atoms with Crippen molar-refractivity contribution in [1.29, 1.82) is 0 Å². The van der Waals surface area contributed by atoms with Gasteiger partial charge in [-0.15, -0.1) is 0 Å². The van der Waals surface area contributed by atoms with Gasteiger partial charge in [0.05, 0.1) is 0 Å². The number of nitrogens with two attached hydrogens (primary N) is 2. The van der Waals surface area contributed by atoms with Gasteiger partial charge in [-0.05, 0) is 54.8 Å². The van der Waals surface area contributed by atoms with Gasteiger partial charge >= 0.3 is 12.1 Å². The molecule has 7 N–H and O–H groups in total. The maximum atomic E-state index is 10.4. The molecular weight excluding hydrogens is 352 g/mol. The second kappa shape index (κ2) is 15.1. The molecule has 8 heteroatoms. The molecule has 27 heavy (non-hydrogen) atoms. The maximum absolute atomic E-state index is 10.4. The normalized spacial score (nSPS) is 9.85. The Kier molecular flexibility index (Phi) is 14.6. The molecular formula is C19H26N2O6. The van der Waals surface area contributed by atoms with Gasteiger partial charge < -0.3 is 26.8 Å². The van der Waals surface area contributed by atoms with Gasteiger partial charge in [-0.2, -0.15) is 9.59 Å². The molecule has 0 fully saturated rings. The third-order valence-electron chi connectivity index (χ3n) is 3.08. The molecule has 0 saturated heterocycles. The molecule has 148 valence electrons. The zero-order valence-corrected chi connectivity index (χ0v) is 14.0. The van der Waals surface area contributed by atoms with Crippen LogP contribution in [0, 0.1) is 0 Å². The number of rotatable bonds is 5. The third-order valence-corrected chi connectivity index (χ3v) is 3.08. The molecule has 0 unspecified atom stereocenters. The Hall–Kier alpha value is -3.19. The Morgan fingerprint density at radius 2 is 1.30 bits per heavy atom. The van der Waals surface area contributed by atoms with Crippen LogP contribution in [0.2, 0.25) is 0 Å². The number of carboxylic acids is 1. The summed E-state index contributed by atoms with van der Waals surface area (Å²) in [6.07, 6.45) is 1.40. The number of aromatic hydroxyl groups is 2. The predicted octanol–water partition coefficient (Wildman–Crippen LogP) is 1.29. The van der Waals surface area contributed by atoms with Crippen LogP contribution < -0.4 is 11.5 Å². The van der Waals surface area contributed by atoms with Crippen molar-refractivity contribution < 1.29 is 29.7 Å². The van der Waals surface area contributed by atoms with E-state index in [1.165, 1.54) is 17.7 Å². The van der Waals surface area contributed by atoms with Crippen molar-refractivity contribution in [3.63, 3.8) is 0 Å². The van der Waals surface area contributed by atoms with Crippen LogP contribution in [0.3, 0.4) is 0 Å². The van der Waals surface area contributed by atoms with Crippen molar-refractivity contribution in [1.82, 2.24) is 0 Å². The summed E-state index contributed by atoms with van der Waals surface area (Å²) in [5.74, 6) is -0.554. The molecule has 0 radical (unpaired) electrons. The Morgan fingerprint density at radius 1 is 0.926 bits per heavy atom. The minimum absolute atomic E-state index is 0. The molecule has 0 saturated carbocycles. The first-order chi connectivity index (χ1) is 12.3. The van der Waals surface area contributed by atoms with Crippen LogP contribution in [0.4, 0.5) is 0 Å². The predicted molar refractivity (Wildman–Crippen MR) is 100 cm³/mol. The van der Waals surface area contributed by atoms with Gasteiger partial charge in [-0.3, -0.25) is 4.79 Å². The summed E-state index contributed by atoms with van der Waals surface area (Å²) in [4.78, 5) is 26.6. The fourth-order valence-electron chi connectivity index (χ4n) is 1.80. The van der Waals surface area contributed by atoms with E-state index in [4.69, 9.17) is 36.4 Å². The highest BCUT2D eigenvalue weighted by Gasteiger charge is 2.11. The van der Waals surface area contributed by atoms with Crippen LogP contribution in [0.25, 0.3) is 0 Å². The summed E-state index contributed by atoms with van der Waals surface area (Å²) in [5.41, 5.74) is 12.6. The molecule has 0 aromatic heterocycles. The highest BCUT2D eigenvalue weighted by molar-refractivity contribution is 5.73. The first kappa shape index (κ1) is 26.0.